The molecule has 0 fully saturated rings. The molecule has 5 heteroatoms. The third-order valence-electron chi connectivity index (χ3n) is 3.04. The van der Waals surface area contributed by atoms with Gasteiger partial charge in [-0.05, 0) is 24.6 Å². The smallest absolute Gasteiger partial charge is 0.224 e. The number of nitrogens with one attached hydrogen (secondary N) is 2. The molecular weight excluding hydrogens is 240 g/mol. The molecule has 1 heterocycles. The number of benzene rings is 1. The molecule has 19 heavy (non-hydrogen) atoms. The fraction of sp³-hybridized carbons (Fsp3) is 0.429. The van der Waals surface area contributed by atoms with Crippen molar-refractivity contribution >= 4 is 28.6 Å². The maximum Gasteiger partial charge on any atom is 0.224 e. The van der Waals surface area contributed by atoms with Crippen LogP contribution < -0.4 is 11.1 Å². The zero-order valence-corrected chi connectivity index (χ0v) is 11.2. The van der Waals surface area contributed by atoms with Crippen molar-refractivity contribution in [2.24, 2.45) is 0 Å². The molecule has 0 aliphatic rings. The molecule has 1 amide bonds. The number of aromatic amines is 1. The van der Waals surface area contributed by atoms with Crippen LogP contribution in [0.1, 0.15) is 39.0 Å². The van der Waals surface area contributed by atoms with E-state index >= 15 is 0 Å². The molecule has 0 saturated carbocycles. The van der Waals surface area contributed by atoms with Gasteiger partial charge in [0.1, 0.15) is 0 Å². The van der Waals surface area contributed by atoms with Gasteiger partial charge in [-0.3, -0.25) is 4.79 Å². The number of nitrogen functional groups attached to an aromatic ring is 1. The Morgan fingerprint density at radius 2 is 2.21 bits per heavy atom. The molecule has 4 N–H and O–H groups in total. The third kappa shape index (κ3) is 3.71. The lowest BCUT2D eigenvalue weighted by molar-refractivity contribution is -0.116. The second-order valence-electron chi connectivity index (χ2n) is 4.71. The molecule has 0 aliphatic carbocycles. The lowest BCUT2D eigenvalue weighted by Gasteiger charge is -2.04. The molecule has 0 atom stereocenters. The summed E-state index contributed by atoms with van der Waals surface area (Å²) in [5.41, 5.74) is 8.00. The normalized spacial score (nSPS) is 10.8. The van der Waals surface area contributed by atoms with Crippen LogP contribution in [-0.2, 0) is 4.79 Å². The number of nitrogens with zero attached hydrogens (tertiary/aromatic N) is 1. The highest BCUT2D eigenvalue weighted by molar-refractivity contribution is 5.93. The summed E-state index contributed by atoms with van der Waals surface area (Å²) in [6.07, 6.45) is 4.99. The summed E-state index contributed by atoms with van der Waals surface area (Å²) in [4.78, 5) is 18.8. The number of fused-ring (bicyclic) bond motifs is 1. The van der Waals surface area contributed by atoms with Crippen molar-refractivity contribution in [2.75, 3.05) is 11.1 Å². The van der Waals surface area contributed by atoms with E-state index in [1.165, 1.54) is 12.8 Å². The maximum atomic E-state index is 11.8. The first-order valence-electron chi connectivity index (χ1n) is 6.74. The zero-order chi connectivity index (χ0) is 13.7. The van der Waals surface area contributed by atoms with Gasteiger partial charge in [-0.2, -0.15) is 0 Å². The molecule has 0 aliphatic heterocycles. The predicted molar refractivity (Wildman–Crippen MR) is 77.9 cm³/mol. The minimum atomic E-state index is 0.0583. The highest BCUT2D eigenvalue weighted by Crippen LogP contribution is 2.18. The van der Waals surface area contributed by atoms with Crippen LogP contribution in [0.15, 0.2) is 18.2 Å². The number of aromatic nitrogens is 2. The molecule has 5 nitrogen and oxygen atoms in total. The molecule has 1 aromatic heterocycles. The summed E-state index contributed by atoms with van der Waals surface area (Å²) in [6, 6.07) is 5.53. The van der Waals surface area contributed by atoms with E-state index in [1.54, 1.807) is 0 Å². The molecular formula is C14H20N4O. The quantitative estimate of drug-likeness (QED) is 0.698. The highest BCUT2D eigenvalue weighted by Gasteiger charge is 2.05. The molecule has 0 spiro atoms. The number of imidazole rings is 1. The summed E-state index contributed by atoms with van der Waals surface area (Å²) >= 11 is 0. The van der Waals surface area contributed by atoms with Crippen molar-refractivity contribution < 1.29 is 4.79 Å². The van der Waals surface area contributed by atoms with Crippen LogP contribution in [0.5, 0.6) is 0 Å². The number of amides is 1. The standard InChI is InChI=1S/C14H20N4O/c1-2-3-4-5-6-13(19)16-10-7-8-11-12(9-10)18-14(15)17-11/h7-9H,2-6H2,1H3,(H,16,19)(H3,15,17,18). The minimum Gasteiger partial charge on any atom is -0.369 e. The van der Waals surface area contributed by atoms with Gasteiger partial charge < -0.3 is 16.0 Å². The topological polar surface area (TPSA) is 83.8 Å². The lowest BCUT2D eigenvalue weighted by atomic mass is 10.1. The third-order valence-corrected chi connectivity index (χ3v) is 3.04. The van der Waals surface area contributed by atoms with E-state index in [0.717, 1.165) is 29.6 Å². The zero-order valence-electron chi connectivity index (χ0n) is 11.2. The molecule has 0 unspecified atom stereocenters. The molecule has 1 aromatic carbocycles. The summed E-state index contributed by atoms with van der Waals surface area (Å²) in [5.74, 6) is 0.445. The Morgan fingerprint density at radius 3 is 3.00 bits per heavy atom. The Bertz CT molecular complexity index is 562. The predicted octanol–water partition coefficient (Wildman–Crippen LogP) is 3.05. The minimum absolute atomic E-state index is 0.0583. The summed E-state index contributed by atoms with van der Waals surface area (Å²) in [5, 5.41) is 2.89. The first-order chi connectivity index (χ1) is 9.19. The Morgan fingerprint density at radius 1 is 1.37 bits per heavy atom. The summed E-state index contributed by atoms with van der Waals surface area (Å²) < 4.78 is 0. The van der Waals surface area contributed by atoms with Crippen molar-refractivity contribution in [1.82, 2.24) is 9.97 Å². The maximum absolute atomic E-state index is 11.8. The van der Waals surface area contributed by atoms with E-state index in [4.69, 9.17) is 5.73 Å². The van der Waals surface area contributed by atoms with E-state index in [0.29, 0.717) is 12.4 Å². The molecule has 2 aromatic rings. The van der Waals surface area contributed by atoms with Gasteiger partial charge in [0.05, 0.1) is 11.0 Å². The molecule has 102 valence electrons. The average Bonchev–Trinajstić information content (AvgIpc) is 2.74. The SMILES string of the molecule is CCCCCCC(=O)Nc1ccc2nc(N)[nH]c2c1. The number of carbonyl (C=O) groups is 1. The van der Waals surface area contributed by atoms with Crippen LogP contribution in [0.3, 0.4) is 0 Å². The summed E-state index contributed by atoms with van der Waals surface area (Å²) in [7, 11) is 0. The van der Waals surface area contributed by atoms with Gasteiger partial charge >= 0.3 is 0 Å². The van der Waals surface area contributed by atoms with Gasteiger partial charge in [-0.15, -0.1) is 0 Å². The number of anilines is 2. The first kappa shape index (κ1) is 13.4. The second-order valence-corrected chi connectivity index (χ2v) is 4.71. The number of nitrogens with two attached hydrogens (primary N) is 1. The van der Waals surface area contributed by atoms with E-state index in [2.05, 4.69) is 22.2 Å². The molecule has 0 radical (unpaired) electrons. The van der Waals surface area contributed by atoms with Crippen molar-refractivity contribution in [2.45, 2.75) is 39.0 Å². The Kier molecular flexibility index (Phi) is 4.39. The van der Waals surface area contributed by atoms with Crippen LogP contribution in [-0.4, -0.2) is 15.9 Å². The van der Waals surface area contributed by atoms with E-state index in [1.807, 2.05) is 18.2 Å². The highest BCUT2D eigenvalue weighted by atomic mass is 16.1. The van der Waals surface area contributed by atoms with Crippen molar-refractivity contribution in [3.05, 3.63) is 18.2 Å². The fourth-order valence-electron chi connectivity index (χ4n) is 2.04. The van der Waals surface area contributed by atoms with Gasteiger partial charge in [0.15, 0.2) is 5.95 Å². The molecule has 0 bridgehead atoms. The van der Waals surface area contributed by atoms with Crippen LogP contribution in [0, 0.1) is 0 Å². The van der Waals surface area contributed by atoms with Gasteiger partial charge in [-0.25, -0.2) is 4.98 Å². The number of H-pyrrole nitrogens is 1. The van der Waals surface area contributed by atoms with Crippen molar-refractivity contribution in [1.29, 1.82) is 0 Å². The number of carbonyl (C=O) groups excluding carboxylic acids is 1. The van der Waals surface area contributed by atoms with Crippen LogP contribution in [0.25, 0.3) is 11.0 Å². The van der Waals surface area contributed by atoms with Crippen molar-refractivity contribution in [3.63, 3.8) is 0 Å². The number of rotatable bonds is 6. The van der Waals surface area contributed by atoms with Gasteiger partial charge in [0.2, 0.25) is 5.91 Å². The Labute approximate surface area is 112 Å². The average molecular weight is 260 g/mol. The summed E-state index contributed by atoms with van der Waals surface area (Å²) in [6.45, 7) is 2.16. The monoisotopic (exact) mass is 260 g/mol. The second kappa shape index (κ2) is 6.22. The molecule has 2 rings (SSSR count). The van der Waals surface area contributed by atoms with Crippen LogP contribution >= 0.6 is 0 Å². The van der Waals surface area contributed by atoms with E-state index in [-0.39, 0.29) is 5.91 Å². The van der Waals surface area contributed by atoms with E-state index in [9.17, 15) is 4.79 Å². The number of hydrogen-bond donors (Lipinski definition) is 3. The Balaban J connectivity index is 1.91. The number of unbranched alkanes of at least 4 members (excludes halogenated alkanes) is 3. The van der Waals surface area contributed by atoms with Gasteiger partial charge in [0.25, 0.3) is 0 Å². The first-order valence-corrected chi connectivity index (χ1v) is 6.74. The van der Waals surface area contributed by atoms with Crippen LogP contribution in [0.4, 0.5) is 11.6 Å². The Hall–Kier alpha value is -2.04. The largest absolute Gasteiger partial charge is 0.369 e. The van der Waals surface area contributed by atoms with Gasteiger partial charge in [0, 0.05) is 12.1 Å². The number of hydrogen-bond acceptors (Lipinski definition) is 3. The fourth-order valence-corrected chi connectivity index (χ4v) is 2.04. The van der Waals surface area contributed by atoms with Crippen molar-refractivity contribution in [3.8, 4) is 0 Å². The molecule has 0 saturated heterocycles. The lowest BCUT2D eigenvalue weighted by Crippen LogP contribution is -2.10. The van der Waals surface area contributed by atoms with Crippen LogP contribution in [0.2, 0.25) is 0 Å². The van der Waals surface area contributed by atoms with Gasteiger partial charge in [-0.1, -0.05) is 26.2 Å². The van der Waals surface area contributed by atoms with E-state index < -0.39 is 0 Å².